The van der Waals surface area contributed by atoms with Gasteiger partial charge in [0.2, 0.25) is 5.52 Å². The second-order valence-electron chi connectivity index (χ2n) is 7.78. The third-order valence-corrected chi connectivity index (χ3v) is 5.89. The van der Waals surface area contributed by atoms with Gasteiger partial charge < -0.3 is 0 Å². The van der Waals surface area contributed by atoms with Crippen LogP contribution in [0, 0.1) is 20.8 Å². The van der Waals surface area contributed by atoms with Crippen LogP contribution in [0.5, 0.6) is 0 Å². The van der Waals surface area contributed by atoms with Crippen LogP contribution in [0.25, 0.3) is 43.8 Å². The van der Waals surface area contributed by atoms with Crippen molar-refractivity contribution in [1.29, 1.82) is 0 Å². The molecule has 0 N–H and O–H groups in total. The summed E-state index contributed by atoms with van der Waals surface area (Å²) in [6.45, 7) is 6.56. The molecule has 4 aromatic carbocycles. The lowest BCUT2D eigenvalue weighted by Gasteiger charge is -2.13. The van der Waals surface area contributed by atoms with E-state index in [1.165, 1.54) is 43.8 Å². The first-order valence-electron chi connectivity index (χ1n) is 9.72. The molecule has 0 atom stereocenters. The predicted octanol–water partition coefficient (Wildman–Crippen LogP) is 5.96. The number of aryl methyl sites for hydroxylation is 4. The van der Waals surface area contributed by atoms with Crippen LogP contribution < -0.4 is 4.57 Å². The fraction of sp³-hybridized carbons (Fsp3) is 0.154. The number of rotatable bonds is 1. The highest BCUT2D eigenvalue weighted by Gasteiger charge is 2.21. The summed E-state index contributed by atoms with van der Waals surface area (Å²) in [6, 6.07) is 21.6. The van der Waals surface area contributed by atoms with Gasteiger partial charge >= 0.3 is 0 Å². The summed E-state index contributed by atoms with van der Waals surface area (Å²) < 4.78 is 2.25. The van der Waals surface area contributed by atoms with E-state index in [0.29, 0.717) is 0 Å². The van der Waals surface area contributed by atoms with E-state index in [-0.39, 0.29) is 0 Å². The zero-order chi connectivity index (χ0) is 19.4. The number of nitrogens with zero attached hydrogens (tertiary/aromatic N) is 2. The van der Waals surface area contributed by atoms with Crippen LogP contribution in [0.3, 0.4) is 0 Å². The van der Waals surface area contributed by atoms with E-state index in [1.54, 1.807) is 0 Å². The number of hydrogen-bond donors (Lipinski definition) is 0. The lowest BCUT2D eigenvalue weighted by atomic mass is 9.93. The normalized spacial score (nSPS) is 11.6. The third-order valence-electron chi connectivity index (χ3n) is 5.89. The van der Waals surface area contributed by atoms with Gasteiger partial charge in [0.1, 0.15) is 18.3 Å². The van der Waals surface area contributed by atoms with Gasteiger partial charge in [-0.1, -0.05) is 60.2 Å². The Kier molecular flexibility index (Phi) is 3.70. The van der Waals surface area contributed by atoms with Crippen LogP contribution in [0.4, 0.5) is 0 Å². The van der Waals surface area contributed by atoms with Crippen molar-refractivity contribution >= 4 is 32.6 Å². The molecule has 1 heterocycles. The highest BCUT2D eigenvalue weighted by molar-refractivity contribution is 6.23. The molecule has 0 fully saturated rings. The molecule has 1 aromatic heterocycles. The molecule has 2 heteroatoms. The Bertz CT molecular complexity index is 1380. The number of fused-ring (bicyclic) bond motifs is 6. The largest absolute Gasteiger partial charge is 0.239 e. The smallest absolute Gasteiger partial charge is 0.234 e. The molecule has 0 radical (unpaired) electrons. The molecule has 0 bridgehead atoms. The summed E-state index contributed by atoms with van der Waals surface area (Å²) in [5, 5.41) is 5.10. The minimum atomic E-state index is 1.00. The first-order chi connectivity index (χ1) is 13.5. The average Bonchev–Trinajstić information content (AvgIpc) is 2.71. The van der Waals surface area contributed by atoms with E-state index in [0.717, 1.165) is 16.8 Å². The van der Waals surface area contributed by atoms with Gasteiger partial charge in [-0.15, -0.1) is 0 Å². The molecule has 5 rings (SSSR count). The quantitative estimate of drug-likeness (QED) is 0.265. The van der Waals surface area contributed by atoms with Gasteiger partial charge in [0.25, 0.3) is 0 Å². The molecule has 0 unspecified atom stereocenters. The minimum Gasteiger partial charge on any atom is -0.234 e. The molecular formula is C26H23N2+. The van der Waals surface area contributed by atoms with E-state index in [2.05, 4.69) is 93.2 Å². The molecule has 5 aromatic rings. The Balaban J connectivity index is 2.06. The van der Waals surface area contributed by atoms with Crippen molar-refractivity contribution in [3.05, 3.63) is 83.6 Å². The Labute approximate surface area is 165 Å². The van der Waals surface area contributed by atoms with Gasteiger partial charge in [0, 0.05) is 10.9 Å². The van der Waals surface area contributed by atoms with Crippen molar-refractivity contribution in [3.8, 4) is 11.3 Å². The summed E-state index contributed by atoms with van der Waals surface area (Å²) in [4.78, 5) is 5.18. The molecule has 0 saturated carbocycles. The van der Waals surface area contributed by atoms with E-state index < -0.39 is 0 Å². The maximum absolute atomic E-state index is 5.18. The van der Waals surface area contributed by atoms with Crippen molar-refractivity contribution in [1.82, 2.24) is 4.98 Å². The zero-order valence-electron chi connectivity index (χ0n) is 16.7. The summed E-state index contributed by atoms with van der Waals surface area (Å²) in [6.07, 6.45) is 2.15. The minimum absolute atomic E-state index is 1.00. The molecule has 2 nitrogen and oxygen atoms in total. The maximum atomic E-state index is 5.18. The zero-order valence-corrected chi connectivity index (χ0v) is 16.7. The molecule has 0 aliphatic rings. The summed E-state index contributed by atoms with van der Waals surface area (Å²) in [7, 11) is 2.14. The van der Waals surface area contributed by atoms with E-state index in [1.807, 2.05) is 6.07 Å². The Morgan fingerprint density at radius 3 is 2.32 bits per heavy atom. The van der Waals surface area contributed by atoms with Crippen LogP contribution in [0.1, 0.15) is 16.7 Å². The van der Waals surface area contributed by atoms with Crippen LogP contribution >= 0.6 is 0 Å². The van der Waals surface area contributed by atoms with Crippen LogP contribution in [0.2, 0.25) is 0 Å². The van der Waals surface area contributed by atoms with Gasteiger partial charge in [-0.05, 0) is 48.7 Å². The molecule has 28 heavy (non-hydrogen) atoms. The highest BCUT2D eigenvalue weighted by atomic mass is 15.0. The fourth-order valence-corrected chi connectivity index (χ4v) is 4.28. The fourth-order valence-electron chi connectivity index (χ4n) is 4.28. The van der Waals surface area contributed by atoms with Crippen molar-refractivity contribution in [2.45, 2.75) is 20.8 Å². The molecular weight excluding hydrogens is 340 g/mol. The van der Waals surface area contributed by atoms with Gasteiger partial charge in [-0.2, -0.15) is 4.57 Å². The second-order valence-corrected chi connectivity index (χ2v) is 7.78. The van der Waals surface area contributed by atoms with E-state index in [4.69, 9.17) is 4.98 Å². The van der Waals surface area contributed by atoms with Gasteiger partial charge in [0.05, 0.1) is 5.39 Å². The molecule has 0 aliphatic carbocycles. The molecule has 0 aliphatic heterocycles. The molecule has 0 amide bonds. The number of aromatic nitrogens is 2. The van der Waals surface area contributed by atoms with Crippen molar-refractivity contribution in [2.24, 2.45) is 7.05 Å². The van der Waals surface area contributed by atoms with E-state index in [9.17, 15) is 0 Å². The van der Waals surface area contributed by atoms with Gasteiger partial charge in [-0.3, -0.25) is 0 Å². The lowest BCUT2D eigenvalue weighted by Crippen LogP contribution is -2.30. The van der Waals surface area contributed by atoms with Crippen molar-refractivity contribution in [3.63, 3.8) is 0 Å². The standard InChI is InChI=1S/C26H23N2/c1-16-10-12-20-21-13-11-17(2)18(3)24(21)26-25(22(20)14-16)27-23(15-28(26)4)19-8-6-5-7-9-19/h5-15H,1-4H3/q+1. The highest BCUT2D eigenvalue weighted by Crippen LogP contribution is 2.36. The molecule has 0 saturated heterocycles. The summed E-state index contributed by atoms with van der Waals surface area (Å²) in [5.74, 6) is 0. The van der Waals surface area contributed by atoms with Crippen LogP contribution in [-0.4, -0.2) is 4.98 Å². The predicted molar refractivity (Wildman–Crippen MR) is 118 cm³/mol. The van der Waals surface area contributed by atoms with Crippen LogP contribution in [0.15, 0.2) is 66.9 Å². The third kappa shape index (κ3) is 2.41. The van der Waals surface area contributed by atoms with Crippen LogP contribution in [-0.2, 0) is 7.05 Å². The number of benzene rings is 4. The average molecular weight is 363 g/mol. The van der Waals surface area contributed by atoms with Crippen molar-refractivity contribution in [2.75, 3.05) is 0 Å². The monoisotopic (exact) mass is 363 g/mol. The maximum Gasteiger partial charge on any atom is 0.239 e. The Hall–Kier alpha value is -3.26. The summed E-state index contributed by atoms with van der Waals surface area (Å²) in [5.41, 5.74) is 8.32. The Morgan fingerprint density at radius 2 is 1.54 bits per heavy atom. The molecule has 136 valence electrons. The van der Waals surface area contributed by atoms with E-state index >= 15 is 0 Å². The van der Waals surface area contributed by atoms with Crippen molar-refractivity contribution < 1.29 is 4.57 Å². The first-order valence-corrected chi connectivity index (χ1v) is 9.72. The SMILES string of the molecule is Cc1ccc2c(c1)c1nc(-c3ccccc3)c[n+](C)c1c1c(C)c(C)ccc21. The molecule has 0 spiro atoms. The Morgan fingerprint density at radius 1 is 0.786 bits per heavy atom. The lowest BCUT2D eigenvalue weighted by molar-refractivity contribution is -0.643. The first kappa shape index (κ1) is 16.9. The number of hydrogen-bond acceptors (Lipinski definition) is 1. The van der Waals surface area contributed by atoms with Gasteiger partial charge in [0.15, 0.2) is 6.20 Å². The summed E-state index contributed by atoms with van der Waals surface area (Å²) >= 11 is 0. The van der Waals surface area contributed by atoms with Gasteiger partial charge in [-0.25, -0.2) is 4.98 Å². The topological polar surface area (TPSA) is 16.8 Å². The second kappa shape index (κ2) is 6.13.